The number of aromatic nitrogens is 1. The van der Waals surface area contributed by atoms with Crippen molar-refractivity contribution in [2.75, 3.05) is 13.2 Å². The molecule has 0 bridgehead atoms. The number of nitrogens with one attached hydrogen (secondary N) is 2. The second kappa shape index (κ2) is 10.1. The van der Waals surface area contributed by atoms with Crippen molar-refractivity contribution in [2.45, 2.75) is 45.4 Å². The normalized spacial score (nSPS) is 15.8. The Balaban J connectivity index is 1.55. The number of benzene rings is 2. The number of H-pyrrole nitrogens is 1. The van der Waals surface area contributed by atoms with E-state index in [1.54, 1.807) is 0 Å². The fourth-order valence-electron chi connectivity index (χ4n) is 3.98. The average Bonchev–Trinajstić information content (AvgIpc) is 3.31. The maximum atomic E-state index is 12.8. The summed E-state index contributed by atoms with van der Waals surface area (Å²) in [7, 11) is 0. The van der Waals surface area contributed by atoms with E-state index < -0.39 is 0 Å². The van der Waals surface area contributed by atoms with Crippen molar-refractivity contribution < 1.29 is 4.74 Å². The highest BCUT2D eigenvalue weighted by molar-refractivity contribution is 7.80. The minimum atomic E-state index is -0.0695. The lowest BCUT2D eigenvalue weighted by Gasteiger charge is -2.28. The Morgan fingerprint density at radius 2 is 2.03 bits per heavy atom. The summed E-state index contributed by atoms with van der Waals surface area (Å²) in [5.74, 6) is 0. The fraction of sp³-hybridized carbons (Fsp3) is 0.360. The number of aromatic amines is 1. The molecule has 162 valence electrons. The minimum Gasteiger partial charge on any atom is -0.376 e. The Labute approximate surface area is 188 Å². The summed E-state index contributed by atoms with van der Waals surface area (Å²) < 4.78 is 5.85. The van der Waals surface area contributed by atoms with Gasteiger partial charge in [-0.3, -0.25) is 4.79 Å². The third-order valence-corrected chi connectivity index (χ3v) is 6.18. The molecule has 5 nitrogen and oxygen atoms in total. The molecule has 3 aromatic rings. The number of hydrogen-bond acceptors (Lipinski definition) is 3. The first kappa shape index (κ1) is 21.5. The number of fused-ring (bicyclic) bond motifs is 1. The summed E-state index contributed by atoms with van der Waals surface area (Å²) in [4.78, 5) is 17.9. The molecule has 0 saturated carbocycles. The van der Waals surface area contributed by atoms with Gasteiger partial charge in [0.05, 0.1) is 12.6 Å². The van der Waals surface area contributed by atoms with Crippen LogP contribution in [0, 0.1) is 0 Å². The second-order valence-corrected chi connectivity index (χ2v) is 8.45. The molecule has 1 aliphatic heterocycles. The van der Waals surface area contributed by atoms with Crippen LogP contribution in [0.4, 0.5) is 0 Å². The molecule has 0 aliphatic carbocycles. The quantitative estimate of drug-likeness (QED) is 0.546. The third kappa shape index (κ3) is 5.51. The summed E-state index contributed by atoms with van der Waals surface area (Å²) in [6, 6.07) is 18.4. The minimum absolute atomic E-state index is 0.0695. The zero-order valence-electron chi connectivity index (χ0n) is 17.9. The van der Waals surface area contributed by atoms with Gasteiger partial charge in [-0.25, -0.2) is 0 Å². The first-order chi connectivity index (χ1) is 15.1. The molecule has 1 unspecified atom stereocenters. The highest BCUT2D eigenvalue weighted by Gasteiger charge is 2.22. The predicted octanol–water partition coefficient (Wildman–Crippen LogP) is 4.15. The highest BCUT2D eigenvalue weighted by atomic mass is 32.1. The lowest BCUT2D eigenvalue weighted by atomic mass is 10.1. The molecule has 1 fully saturated rings. The molecule has 0 radical (unpaired) electrons. The van der Waals surface area contributed by atoms with Crippen molar-refractivity contribution in [2.24, 2.45) is 0 Å². The Morgan fingerprint density at radius 3 is 2.77 bits per heavy atom. The second-order valence-electron chi connectivity index (χ2n) is 8.06. The van der Waals surface area contributed by atoms with Crippen molar-refractivity contribution >= 4 is 28.2 Å². The van der Waals surface area contributed by atoms with E-state index in [1.807, 2.05) is 30.3 Å². The lowest BCUT2D eigenvalue weighted by molar-refractivity contribution is 0.0896. The van der Waals surface area contributed by atoms with E-state index in [0.717, 1.165) is 42.3 Å². The number of rotatable bonds is 7. The fourth-order valence-corrected chi connectivity index (χ4v) is 4.19. The van der Waals surface area contributed by atoms with E-state index in [2.05, 4.69) is 46.4 Å². The predicted molar refractivity (Wildman–Crippen MR) is 129 cm³/mol. The number of hydrogen-bond donors (Lipinski definition) is 2. The van der Waals surface area contributed by atoms with Gasteiger partial charge in [-0.1, -0.05) is 43.3 Å². The molecule has 1 aromatic heterocycles. The maximum absolute atomic E-state index is 12.8. The van der Waals surface area contributed by atoms with Crippen LogP contribution in [0.2, 0.25) is 0 Å². The van der Waals surface area contributed by atoms with Gasteiger partial charge in [0, 0.05) is 30.8 Å². The molecule has 0 amide bonds. The van der Waals surface area contributed by atoms with E-state index in [9.17, 15) is 4.79 Å². The molecular formula is C25H29N3O2S. The van der Waals surface area contributed by atoms with E-state index in [0.29, 0.717) is 30.3 Å². The largest absolute Gasteiger partial charge is 0.376 e. The van der Waals surface area contributed by atoms with Crippen molar-refractivity contribution in [3.05, 3.63) is 81.6 Å². The SMILES string of the molecule is CCc1ccc2[nH]c(=O)c(CN(CC3CCCO3)C(=S)NCc3ccccc3)cc2c1. The Hall–Kier alpha value is -2.70. The number of nitrogens with zero attached hydrogens (tertiary/aromatic N) is 1. The lowest BCUT2D eigenvalue weighted by Crippen LogP contribution is -2.43. The van der Waals surface area contributed by atoms with Gasteiger partial charge in [0.15, 0.2) is 5.11 Å². The highest BCUT2D eigenvalue weighted by Crippen LogP contribution is 2.18. The number of thiocarbonyl (C=S) groups is 1. The topological polar surface area (TPSA) is 57.4 Å². The summed E-state index contributed by atoms with van der Waals surface area (Å²) in [5, 5.41) is 5.05. The molecule has 4 rings (SSSR count). The first-order valence-electron chi connectivity index (χ1n) is 11.0. The maximum Gasteiger partial charge on any atom is 0.253 e. The van der Waals surface area contributed by atoms with Crippen LogP contribution in [0.25, 0.3) is 10.9 Å². The molecule has 2 aromatic carbocycles. The molecule has 2 heterocycles. The van der Waals surface area contributed by atoms with Crippen LogP contribution in [-0.4, -0.2) is 34.3 Å². The van der Waals surface area contributed by atoms with Crippen LogP contribution in [0.3, 0.4) is 0 Å². The standard InChI is InChI=1S/C25H29N3O2S/c1-2-18-10-11-23-20(13-18)14-21(24(29)27-23)16-28(17-22-9-6-12-30-22)25(31)26-15-19-7-4-3-5-8-19/h3-5,7-8,10-11,13-14,22H,2,6,9,12,15-17H2,1H3,(H,26,31)(H,27,29). The number of ether oxygens (including phenoxy) is 1. The van der Waals surface area contributed by atoms with E-state index >= 15 is 0 Å². The van der Waals surface area contributed by atoms with Crippen molar-refractivity contribution in [1.29, 1.82) is 0 Å². The van der Waals surface area contributed by atoms with Gasteiger partial charge in [0.2, 0.25) is 0 Å². The Morgan fingerprint density at radius 1 is 1.19 bits per heavy atom. The third-order valence-electron chi connectivity index (χ3n) is 5.78. The molecular weight excluding hydrogens is 406 g/mol. The molecule has 1 saturated heterocycles. The molecule has 6 heteroatoms. The van der Waals surface area contributed by atoms with Crippen molar-refractivity contribution in [1.82, 2.24) is 15.2 Å². The summed E-state index contributed by atoms with van der Waals surface area (Å²) in [6.45, 7) is 4.69. The number of aryl methyl sites for hydroxylation is 1. The zero-order valence-corrected chi connectivity index (χ0v) is 18.7. The number of pyridine rings is 1. The van der Waals surface area contributed by atoms with Gasteiger partial charge in [-0.15, -0.1) is 0 Å². The van der Waals surface area contributed by atoms with Crippen LogP contribution < -0.4 is 10.9 Å². The molecule has 2 N–H and O–H groups in total. The summed E-state index contributed by atoms with van der Waals surface area (Å²) in [6.07, 6.45) is 3.19. The van der Waals surface area contributed by atoms with E-state index in [1.165, 1.54) is 5.56 Å². The Kier molecular flexibility index (Phi) is 6.99. The van der Waals surface area contributed by atoms with Gasteiger partial charge in [0.1, 0.15) is 0 Å². The summed E-state index contributed by atoms with van der Waals surface area (Å²) in [5.41, 5.74) is 3.92. The average molecular weight is 436 g/mol. The van der Waals surface area contributed by atoms with Gasteiger partial charge < -0.3 is 19.9 Å². The van der Waals surface area contributed by atoms with Gasteiger partial charge in [0.25, 0.3) is 5.56 Å². The molecule has 31 heavy (non-hydrogen) atoms. The van der Waals surface area contributed by atoms with Crippen LogP contribution in [-0.2, 0) is 24.2 Å². The van der Waals surface area contributed by atoms with E-state index in [4.69, 9.17) is 17.0 Å². The van der Waals surface area contributed by atoms with Crippen LogP contribution in [0.15, 0.2) is 59.4 Å². The van der Waals surface area contributed by atoms with Gasteiger partial charge >= 0.3 is 0 Å². The van der Waals surface area contributed by atoms with Gasteiger partial charge in [-0.2, -0.15) is 0 Å². The Bertz CT molecular complexity index is 1090. The van der Waals surface area contributed by atoms with Crippen LogP contribution in [0.5, 0.6) is 0 Å². The molecule has 0 spiro atoms. The van der Waals surface area contributed by atoms with Crippen molar-refractivity contribution in [3.8, 4) is 0 Å². The van der Waals surface area contributed by atoms with Crippen LogP contribution in [0.1, 0.15) is 36.5 Å². The van der Waals surface area contributed by atoms with Crippen molar-refractivity contribution in [3.63, 3.8) is 0 Å². The molecule has 1 aliphatic rings. The monoisotopic (exact) mass is 435 g/mol. The van der Waals surface area contributed by atoms with E-state index in [-0.39, 0.29) is 11.7 Å². The summed E-state index contributed by atoms with van der Waals surface area (Å²) >= 11 is 5.73. The molecule has 1 atom stereocenters. The zero-order chi connectivity index (χ0) is 21.6. The van der Waals surface area contributed by atoms with Crippen LogP contribution >= 0.6 is 12.2 Å². The first-order valence-corrected chi connectivity index (χ1v) is 11.4. The smallest absolute Gasteiger partial charge is 0.253 e. The van der Waals surface area contributed by atoms with Gasteiger partial charge in [-0.05, 0) is 66.2 Å².